The quantitative estimate of drug-likeness (QED) is 0.448. The van der Waals surface area contributed by atoms with Gasteiger partial charge in [-0.3, -0.25) is 9.59 Å². The molecule has 0 radical (unpaired) electrons. The SMILES string of the molecule is COc1cc(OC)cc(C(=O)Nc2ccccc2C(=O)N/N=C/c2cccc(F)c2)c1. The van der Waals surface area contributed by atoms with Crippen LogP contribution in [-0.4, -0.2) is 32.2 Å². The number of rotatable bonds is 7. The highest BCUT2D eigenvalue weighted by atomic mass is 19.1. The molecule has 0 unspecified atom stereocenters. The van der Waals surface area contributed by atoms with Crippen LogP contribution in [0.15, 0.2) is 71.8 Å². The van der Waals surface area contributed by atoms with E-state index in [9.17, 15) is 14.0 Å². The lowest BCUT2D eigenvalue weighted by molar-refractivity contribution is 0.0956. The van der Waals surface area contributed by atoms with Gasteiger partial charge in [0.2, 0.25) is 0 Å². The zero-order valence-corrected chi connectivity index (χ0v) is 16.9. The van der Waals surface area contributed by atoms with Gasteiger partial charge < -0.3 is 14.8 Å². The predicted molar refractivity (Wildman–Crippen MR) is 115 cm³/mol. The molecular weight excluding hydrogens is 401 g/mol. The van der Waals surface area contributed by atoms with E-state index in [2.05, 4.69) is 15.8 Å². The average Bonchev–Trinajstić information content (AvgIpc) is 2.79. The first-order valence-electron chi connectivity index (χ1n) is 9.22. The van der Waals surface area contributed by atoms with Crippen LogP contribution in [0.2, 0.25) is 0 Å². The van der Waals surface area contributed by atoms with Crippen LogP contribution in [0, 0.1) is 5.82 Å². The molecule has 2 N–H and O–H groups in total. The van der Waals surface area contributed by atoms with Gasteiger partial charge in [0.15, 0.2) is 0 Å². The molecule has 0 saturated carbocycles. The second-order valence-corrected chi connectivity index (χ2v) is 6.36. The van der Waals surface area contributed by atoms with Gasteiger partial charge in [-0.1, -0.05) is 24.3 Å². The van der Waals surface area contributed by atoms with E-state index in [4.69, 9.17) is 9.47 Å². The molecule has 8 heteroatoms. The lowest BCUT2D eigenvalue weighted by atomic mass is 10.1. The van der Waals surface area contributed by atoms with Crippen molar-refractivity contribution in [2.75, 3.05) is 19.5 Å². The number of halogens is 1. The van der Waals surface area contributed by atoms with Crippen LogP contribution in [-0.2, 0) is 0 Å². The maximum Gasteiger partial charge on any atom is 0.273 e. The van der Waals surface area contributed by atoms with Crippen molar-refractivity contribution in [2.24, 2.45) is 5.10 Å². The topological polar surface area (TPSA) is 89.0 Å². The van der Waals surface area contributed by atoms with Crippen molar-refractivity contribution < 1.29 is 23.5 Å². The highest BCUT2D eigenvalue weighted by Gasteiger charge is 2.15. The van der Waals surface area contributed by atoms with Gasteiger partial charge in [0.1, 0.15) is 17.3 Å². The first-order valence-corrected chi connectivity index (χ1v) is 9.22. The fourth-order valence-electron chi connectivity index (χ4n) is 2.74. The Morgan fingerprint density at radius 1 is 0.903 bits per heavy atom. The second kappa shape index (κ2) is 10.0. The van der Waals surface area contributed by atoms with E-state index in [1.54, 1.807) is 48.5 Å². The molecule has 0 aliphatic rings. The second-order valence-electron chi connectivity index (χ2n) is 6.36. The molecule has 0 aliphatic heterocycles. The third-order valence-corrected chi connectivity index (χ3v) is 4.26. The molecule has 0 atom stereocenters. The van der Waals surface area contributed by atoms with Crippen molar-refractivity contribution in [3.05, 3.63) is 89.2 Å². The standard InChI is InChI=1S/C23H20FN3O4/c1-30-18-11-16(12-19(13-18)31-2)22(28)26-21-9-4-3-8-20(21)23(29)27-25-14-15-6-5-7-17(24)10-15/h3-14H,1-2H3,(H,26,28)(H,27,29)/b25-14+. The Balaban J connectivity index is 1.75. The van der Waals surface area contributed by atoms with E-state index >= 15 is 0 Å². The summed E-state index contributed by atoms with van der Waals surface area (Å²) in [7, 11) is 2.97. The summed E-state index contributed by atoms with van der Waals surface area (Å²) in [6, 6.07) is 17.0. The fraction of sp³-hybridized carbons (Fsp3) is 0.0870. The molecule has 3 aromatic rings. The van der Waals surface area contributed by atoms with E-state index in [1.165, 1.54) is 38.6 Å². The Hall–Kier alpha value is -4.20. The summed E-state index contributed by atoms with van der Waals surface area (Å²) in [5, 5.41) is 6.56. The third kappa shape index (κ3) is 5.66. The highest BCUT2D eigenvalue weighted by molar-refractivity contribution is 6.09. The minimum absolute atomic E-state index is 0.210. The monoisotopic (exact) mass is 421 g/mol. The van der Waals surface area contributed by atoms with Crippen molar-refractivity contribution in [1.82, 2.24) is 5.43 Å². The first kappa shape index (κ1) is 21.5. The number of carbonyl (C=O) groups excluding carboxylic acids is 2. The number of anilines is 1. The van der Waals surface area contributed by atoms with Gasteiger partial charge in [0, 0.05) is 11.6 Å². The minimum atomic E-state index is -0.535. The van der Waals surface area contributed by atoms with Crippen LogP contribution >= 0.6 is 0 Å². The summed E-state index contributed by atoms with van der Waals surface area (Å²) in [6.07, 6.45) is 1.32. The van der Waals surface area contributed by atoms with Crippen LogP contribution in [0.5, 0.6) is 11.5 Å². The van der Waals surface area contributed by atoms with Gasteiger partial charge in [-0.2, -0.15) is 5.10 Å². The molecule has 0 aliphatic carbocycles. The van der Waals surface area contributed by atoms with Crippen molar-refractivity contribution in [2.45, 2.75) is 0 Å². The van der Waals surface area contributed by atoms with E-state index in [0.29, 0.717) is 28.3 Å². The molecule has 0 fully saturated rings. The number of benzene rings is 3. The van der Waals surface area contributed by atoms with E-state index in [-0.39, 0.29) is 5.56 Å². The molecule has 0 heterocycles. The van der Waals surface area contributed by atoms with Crippen molar-refractivity contribution in [1.29, 1.82) is 0 Å². The molecule has 2 amide bonds. The number of methoxy groups -OCH3 is 2. The molecule has 0 aromatic heterocycles. The Morgan fingerprint density at radius 2 is 1.61 bits per heavy atom. The van der Waals surface area contributed by atoms with Crippen LogP contribution in [0.3, 0.4) is 0 Å². The Labute approximate surface area is 178 Å². The normalized spacial score (nSPS) is 10.5. The Bertz CT molecular complexity index is 1110. The average molecular weight is 421 g/mol. The number of hydrazone groups is 1. The molecule has 0 spiro atoms. The summed E-state index contributed by atoms with van der Waals surface area (Å²) in [5.41, 5.74) is 3.68. The number of para-hydroxylation sites is 1. The predicted octanol–water partition coefficient (Wildman–Crippen LogP) is 3.86. The third-order valence-electron chi connectivity index (χ3n) is 4.26. The smallest absolute Gasteiger partial charge is 0.273 e. The molecule has 0 saturated heterocycles. The molecule has 158 valence electrons. The van der Waals surface area contributed by atoms with E-state index < -0.39 is 17.6 Å². The summed E-state index contributed by atoms with van der Waals surface area (Å²) in [5.74, 6) is -0.463. The van der Waals surface area contributed by atoms with Crippen molar-refractivity contribution >= 4 is 23.7 Å². The molecule has 7 nitrogen and oxygen atoms in total. The van der Waals surface area contributed by atoms with Crippen LogP contribution in [0.25, 0.3) is 0 Å². The van der Waals surface area contributed by atoms with Crippen LogP contribution in [0.4, 0.5) is 10.1 Å². The molecular formula is C23H20FN3O4. The molecule has 31 heavy (non-hydrogen) atoms. The summed E-state index contributed by atoms with van der Waals surface area (Å²) < 4.78 is 23.6. The number of hydrogen-bond donors (Lipinski definition) is 2. The first-order chi connectivity index (χ1) is 15.0. The lowest BCUT2D eigenvalue weighted by Crippen LogP contribution is -2.21. The van der Waals surface area contributed by atoms with E-state index in [0.717, 1.165) is 0 Å². The van der Waals surface area contributed by atoms with E-state index in [1.807, 2.05) is 0 Å². The fourth-order valence-corrected chi connectivity index (χ4v) is 2.74. The highest BCUT2D eigenvalue weighted by Crippen LogP contribution is 2.24. The lowest BCUT2D eigenvalue weighted by Gasteiger charge is -2.12. The van der Waals surface area contributed by atoms with Crippen LogP contribution < -0.4 is 20.2 Å². The summed E-state index contributed by atoms with van der Waals surface area (Å²) in [4.78, 5) is 25.3. The number of hydrogen-bond acceptors (Lipinski definition) is 5. The Kier molecular flexibility index (Phi) is 6.95. The molecule has 3 rings (SSSR count). The van der Waals surface area contributed by atoms with Gasteiger partial charge in [0.25, 0.3) is 11.8 Å². The zero-order valence-electron chi connectivity index (χ0n) is 16.9. The van der Waals surface area contributed by atoms with Gasteiger partial charge >= 0.3 is 0 Å². The number of carbonyl (C=O) groups is 2. The van der Waals surface area contributed by atoms with Gasteiger partial charge in [-0.15, -0.1) is 0 Å². The summed E-state index contributed by atoms with van der Waals surface area (Å²) in [6.45, 7) is 0. The number of ether oxygens (including phenoxy) is 2. The van der Waals surface area contributed by atoms with Gasteiger partial charge in [-0.05, 0) is 42.0 Å². The zero-order chi connectivity index (χ0) is 22.2. The van der Waals surface area contributed by atoms with Gasteiger partial charge in [0.05, 0.1) is 31.7 Å². The summed E-state index contributed by atoms with van der Waals surface area (Å²) >= 11 is 0. The van der Waals surface area contributed by atoms with Crippen LogP contribution in [0.1, 0.15) is 26.3 Å². The number of nitrogens with zero attached hydrogens (tertiary/aromatic N) is 1. The maximum absolute atomic E-state index is 13.2. The molecule has 0 bridgehead atoms. The molecule has 3 aromatic carbocycles. The maximum atomic E-state index is 13.2. The Morgan fingerprint density at radius 3 is 2.29 bits per heavy atom. The number of amides is 2. The van der Waals surface area contributed by atoms with Gasteiger partial charge in [-0.25, -0.2) is 9.82 Å². The minimum Gasteiger partial charge on any atom is -0.497 e. The van der Waals surface area contributed by atoms with Crippen molar-refractivity contribution in [3.8, 4) is 11.5 Å². The van der Waals surface area contributed by atoms with Crippen molar-refractivity contribution in [3.63, 3.8) is 0 Å². The largest absolute Gasteiger partial charge is 0.497 e. The number of nitrogens with one attached hydrogen (secondary N) is 2.